The third-order valence-electron chi connectivity index (χ3n) is 2.24. The van der Waals surface area contributed by atoms with Crippen molar-refractivity contribution in [3.8, 4) is 0 Å². The summed E-state index contributed by atoms with van der Waals surface area (Å²) in [6.45, 7) is 7.84. The summed E-state index contributed by atoms with van der Waals surface area (Å²) in [4.78, 5) is 22.3. The minimum Gasteiger partial charge on any atom is -0.293 e. The van der Waals surface area contributed by atoms with Gasteiger partial charge in [-0.25, -0.2) is 0 Å². The van der Waals surface area contributed by atoms with E-state index in [-0.39, 0.29) is 17.2 Å². The van der Waals surface area contributed by atoms with E-state index >= 15 is 0 Å². The van der Waals surface area contributed by atoms with Crippen LogP contribution in [0.25, 0.3) is 0 Å². The molecule has 1 rings (SSSR count). The van der Waals surface area contributed by atoms with Gasteiger partial charge in [-0.1, -0.05) is 32.9 Å². The van der Waals surface area contributed by atoms with Crippen molar-refractivity contribution < 1.29 is 9.59 Å². The minimum atomic E-state index is -0.347. The summed E-state index contributed by atoms with van der Waals surface area (Å²) in [6.07, 6.45) is 0.960. The first-order valence-corrected chi connectivity index (χ1v) is 5.69. The maximum absolute atomic E-state index is 11.5. The number of imide groups is 1. The standard InChI is InChI=1S/C14H19NO2/c1-10(16)15-13(17)12-7-5-11(6-8-12)9-14(2,3)4/h5-8H,9H2,1-4H3,(H,15,16,17). The van der Waals surface area contributed by atoms with Gasteiger partial charge < -0.3 is 0 Å². The van der Waals surface area contributed by atoms with Crippen LogP contribution in [-0.2, 0) is 11.2 Å². The van der Waals surface area contributed by atoms with Crippen LogP contribution in [0.2, 0.25) is 0 Å². The summed E-state index contributed by atoms with van der Waals surface area (Å²) in [5.74, 6) is -0.687. The van der Waals surface area contributed by atoms with Gasteiger partial charge in [0, 0.05) is 12.5 Å². The lowest BCUT2D eigenvalue weighted by Gasteiger charge is -2.18. The molecule has 2 amide bonds. The molecular formula is C14H19NO2. The molecule has 0 unspecified atom stereocenters. The maximum Gasteiger partial charge on any atom is 0.257 e. The monoisotopic (exact) mass is 233 g/mol. The van der Waals surface area contributed by atoms with E-state index in [4.69, 9.17) is 0 Å². The van der Waals surface area contributed by atoms with Crippen LogP contribution >= 0.6 is 0 Å². The van der Waals surface area contributed by atoms with Crippen molar-refractivity contribution in [3.05, 3.63) is 35.4 Å². The van der Waals surface area contributed by atoms with E-state index in [1.165, 1.54) is 12.5 Å². The molecule has 0 saturated carbocycles. The molecular weight excluding hydrogens is 214 g/mol. The minimum absolute atomic E-state index is 0.225. The smallest absolute Gasteiger partial charge is 0.257 e. The van der Waals surface area contributed by atoms with E-state index in [2.05, 4.69) is 26.1 Å². The zero-order chi connectivity index (χ0) is 13.1. The molecule has 92 valence electrons. The number of hydrogen-bond donors (Lipinski definition) is 1. The maximum atomic E-state index is 11.5. The fourth-order valence-corrected chi connectivity index (χ4v) is 1.62. The van der Waals surface area contributed by atoms with Crippen LogP contribution < -0.4 is 5.32 Å². The molecule has 0 bridgehead atoms. The Morgan fingerprint density at radius 1 is 1.12 bits per heavy atom. The molecule has 0 radical (unpaired) electrons. The van der Waals surface area contributed by atoms with Gasteiger partial charge in [0.2, 0.25) is 5.91 Å². The fraction of sp³-hybridized carbons (Fsp3) is 0.429. The van der Waals surface area contributed by atoms with E-state index in [0.29, 0.717) is 5.56 Å². The Morgan fingerprint density at radius 2 is 1.65 bits per heavy atom. The quantitative estimate of drug-likeness (QED) is 0.853. The molecule has 0 atom stereocenters. The van der Waals surface area contributed by atoms with Crippen molar-refractivity contribution in [3.63, 3.8) is 0 Å². The average Bonchev–Trinajstić information content (AvgIpc) is 2.15. The van der Waals surface area contributed by atoms with Crippen molar-refractivity contribution >= 4 is 11.8 Å². The Balaban J connectivity index is 2.74. The van der Waals surface area contributed by atoms with Gasteiger partial charge in [-0.3, -0.25) is 14.9 Å². The molecule has 0 aromatic heterocycles. The van der Waals surface area contributed by atoms with Crippen molar-refractivity contribution in [1.82, 2.24) is 5.32 Å². The molecule has 17 heavy (non-hydrogen) atoms. The molecule has 0 fully saturated rings. The number of amides is 2. The summed E-state index contributed by atoms with van der Waals surface area (Å²) >= 11 is 0. The van der Waals surface area contributed by atoms with Crippen LogP contribution in [-0.4, -0.2) is 11.8 Å². The second-order valence-corrected chi connectivity index (χ2v) is 5.44. The molecule has 1 aromatic carbocycles. The Bertz CT molecular complexity index is 413. The Kier molecular flexibility index (Phi) is 4.05. The predicted molar refractivity (Wildman–Crippen MR) is 67.7 cm³/mol. The Labute approximate surface area is 102 Å². The van der Waals surface area contributed by atoms with E-state index in [1.807, 2.05) is 12.1 Å². The molecule has 0 aliphatic heterocycles. The molecule has 0 spiro atoms. The lowest BCUT2D eigenvalue weighted by atomic mass is 9.88. The zero-order valence-electron chi connectivity index (χ0n) is 10.8. The van der Waals surface area contributed by atoms with Gasteiger partial charge in [0.05, 0.1) is 0 Å². The van der Waals surface area contributed by atoms with Crippen LogP contribution in [0.1, 0.15) is 43.6 Å². The van der Waals surface area contributed by atoms with Gasteiger partial charge in [0.15, 0.2) is 0 Å². The molecule has 0 saturated heterocycles. The van der Waals surface area contributed by atoms with E-state index in [0.717, 1.165) is 6.42 Å². The number of carbonyl (C=O) groups excluding carboxylic acids is 2. The van der Waals surface area contributed by atoms with Crippen molar-refractivity contribution in [2.24, 2.45) is 5.41 Å². The third kappa shape index (κ3) is 4.81. The molecule has 1 aromatic rings. The highest BCUT2D eigenvalue weighted by Gasteiger charge is 2.12. The van der Waals surface area contributed by atoms with Crippen LogP contribution in [0.15, 0.2) is 24.3 Å². The molecule has 0 aliphatic carbocycles. The molecule has 0 aliphatic rings. The number of hydrogen-bond acceptors (Lipinski definition) is 2. The van der Waals surface area contributed by atoms with E-state index in [1.54, 1.807) is 12.1 Å². The van der Waals surface area contributed by atoms with Gasteiger partial charge in [-0.2, -0.15) is 0 Å². The molecule has 3 heteroatoms. The highest BCUT2D eigenvalue weighted by molar-refractivity contribution is 6.04. The van der Waals surface area contributed by atoms with Crippen LogP contribution in [0.4, 0.5) is 0 Å². The van der Waals surface area contributed by atoms with Crippen LogP contribution in [0.5, 0.6) is 0 Å². The lowest BCUT2D eigenvalue weighted by Crippen LogP contribution is -2.27. The van der Waals surface area contributed by atoms with Gasteiger partial charge in [-0.15, -0.1) is 0 Å². The second kappa shape index (κ2) is 5.13. The topological polar surface area (TPSA) is 46.2 Å². The Morgan fingerprint density at radius 3 is 2.06 bits per heavy atom. The SMILES string of the molecule is CC(=O)NC(=O)c1ccc(CC(C)(C)C)cc1. The molecule has 1 N–H and O–H groups in total. The first-order valence-electron chi connectivity index (χ1n) is 5.69. The number of rotatable bonds is 2. The highest BCUT2D eigenvalue weighted by Crippen LogP contribution is 2.20. The third-order valence-corrected chi connectivity index (χ3v) is 2.24. The summed E-state index contributed by atoms with van der Waals surface area (Å²) in [5, 5.41) is 2.25. The molecule has 3 nitrogen and oxygen atoms in total. The van der Waals surface area contributed by atoms with Crippen molar-refractivity contribution in [2.45, 2.75) is 34.1 Å². The van der Waals surface area contributed by atoms with Gasteiger partial charge in [0.1, 0.15) is 0 Å². The second-order valence-electron chi connectivity index (χ2n) is 5.44. The highest BCUT2D eigenvalue weighted by atomic mass is 16.2. The van der Waals surface area contributed by atoms with E-state index < -0.39 is 0 Å². The fourth-order valence-electron chi connectivity index (χ4n) is 1.62. The van der Waals surface area contributed by atoms with E-state index in [9.17, 15) is 9.59 Å². The number of benzene rings is 1. The number of carbonyl (C=O) groups is 2. The zero-order valence-corrected chi connectivity index (χ0v) is 10.8. The van der Waals surface area contributed by atoms with Gasteiger partial charge in [0.25, 0.3) is 5.91 Å². The van der Waals surface area contributed by atoms with Gasteiger partial charge >= 0.3 is 0 Å². The summed E-state index contributed by atoms with van der Waals surface area (Å²) in [6, 6.07) is 7.36. The summed E-state index contributed by atoms with van der Waals surface area (Å²) < 4.78 is 0. The van der Waals surface area contributed by atoms with Crippen molar-refractivity contribution in [2.75, 3.05) is 0 Å². The normalized spacial score (nSPS) is 11.1. The van der Waals surface area contributed by atoms with Crippen molar-refractivity contribution in [1.29, 1.82) is 0 Å². The molecule has 0 heterocycles. The average molecular weight is 233 g/mol. The Hall–Kier alpha value is -1.64. The summed E-state index contributed by atoms with van der Waals surface area (Å²) in [7, 11) is 0. The largest absolute Gasteiger partial charge is 0.293 e. The van der Waals surface area contributed by atoms with Gasteiger partial charge in [-0.05, 0) is 29.5 Å². The predicted octanol–water partition coefficient (Wildman–Crippen LogP) is 2.55. The first kappa shape index (κ1) is 13.4. The lowest BCUT2D eigenvalue weighted by molar-refractivity contribution is -0.118. The van der Waals surface area contributed by atoms with Crippen LogP contribution in [0, 0.1) is 5.41 Å². The number of nitrogens with one attached hydrogen (secondary N) is 1. The first-order chi connectivity index (χ1) is 7.78. The van der Waals surface area contributed by atoms with Crippen LogP contribution in [0.3, 0.4) is 0 Å². The summed E-state index contributed by atoms with van der Waals surface area (Å²) in [5.41, 5.74) is 1.93.